The second-order valence-electron chi connectivity index (χ2n) is 11.1. The molecule has 0 saturated carbocycles. The molecule has 0 aliphatic rings. The molecule has 0 aliphatic heterocycles. The van der Waals surface area contributed by atoms with Crippen molar-refractivity contribution in [2.75, 3.05) is 16.4 Å². The minimum Gasteiger partial charge on any atom is -0.423 e. The van der Waals surface area contributed by atoms with Gasteiger partial charge in [0, 0.05) is 41.2 Å². The molecular weight excluding hydrogens is 567 g/mol. The van der Waals surface area contributed by atoms with E-state index in [-0.39, 0.29) is 28.2 Å². The Hall–Kier alpha value is -5.92. The molecule has 4 aromatic heterocycles. The molecule has 0 spiro atoms. The fourth-order valence-corrected chi connectivity index (χ4v) is 4.60. The molecule has 14 heteroatoms. The van der Waals surface area contributed by atoms with Crippen LogP contribution in [0.25, 0.3) is 39.3 Å². The molecule has 2 amide bonds. The van der Waals surface area contributed by atoms with E-state index in [1.807, 2.05) is 20.8 Å². The van der Waals surface area contributed by atoms with Gasteiger partial charge in [-0.05, 0) is 48.0 Å². The molecule has 0 unspecified atom stereocenters. The maximum absolute atomic E-state index is 14.9. The first-order chi connectivity index (χ1) is 21.0. The molecule has 222 valence electrons. The van der Waals surface area contributed by atoms with Gasteiger partial charge in [0.05, 0.1) is 17.1 Å². The van der Waals surface area contributed by atoms with Crippen molar-refractivity contribution in [2.45, 2.75) is 26.2 Å². The van der Waals surface area contributed by atoms with Crippen LogP contribution in [0, 0.1) is 5.82 Å². The zero-order valence-corrected chi connectivity index (χ0v) is 24.2. The fraction of sp³-hybridized carbons (Fsp3) is 0.167. The average molecular weight is 595 g/mol. The molecule has 4 N–H and O–H groups in total. The first-order valence-electron chi connectivity index (χ1n) is 13.5. The minimum atomic E-state index is -0.708. The number of halogens is 1. The summed E-state index contributed by atoms with van der Waals surface area (Å²) in [7, 11) is 1.56. The molecule has 0 bridgehead atoms. The van der Waals surface area contributed by atoms with Crippen LogP contribution in [0.3, 0.4) is 0 Å². The van der Waals surface area contributed by atoms with Crippen molar-refractivity contribution in [3.63, 3.8) is 0 Å². The normalized spacial score (nSPS) is 11.6. The van der Waals surface area contributed by atoms with Crippen molar-refractivity contribution in [2.24, 2.45) is 7.05 Å². The van der Waals surface area contributed by atoms with Crippen molar-refractivity contribution < 1.29 is 13.6 Å². The number of urea groups is 1. The predicted octanol–water partition coefficient (Wildman–Crippen LogP) is 4.89. The molecular formula is C30H27FN10O3. The van der Waals surface area contributed by atoms with Gasteiger partial charge in [-0.2, -0.15) is 10.1 Å². The van der Waals surface area contributed by atoms with Gasteiger partial charge in [-0.3, -0.25) is 14.7 Å². The molecule has 13 nitrogen and oxygen atoms in total. The number of aryl methyl sites for hydroxylation is 1. The average Bonchev–Trinajstić information content (AvgIpc) is 3.68. The number of fused-ring (bicyclic) bond motifs is 1. The SMILES string of the molecule is Cn1c(=O)c(-c2ccc(F)c(NC(=O)Nc3cc(C(C)(C)C)nn3-c3ccc(-c4nnco4)cc3)c2)cc2cnc(N)nc21. The van der Waals surface area contributed by atoms with Crippen molar-refractivity contribution in [3.8, 4) is 28.3 Å². The quantitative estimate of drug-likeness (QED) is 0.251. The van der Waals surface area contributed by atoms with Gasteiger partial charge in [0.25, 0.3) is 5.56 Å². The van der Waals surface area contributed by atoms with Gasteiger partial charge in [-0.1, -0.05) is 26.8 Å². The van der Waals surface area contributed by atoms with E-state index < -0.39 is 11.8 Å². The standard InChI is InChI=1S/C30H27FN10O3/c1-30(2,3)23-13-24(41(39-23)19-8-5-16(6-9-19)26-38-34-15-44-26)36-29(43)35-22-12-17(7-10-21(22)31)20-11-18-14-33-28(32)37-25(18)40(4)27(20)42/h5-15H,1-4H3,(H2,32,33,37)(H2,35,36,43). The number of nitrogens with zero attached hydrogens (tertiary/aromatic N) is 7. The minimum absolute atomic E-state index is 0.0382. The summed E-state index contributed by atoms with van der Waals surface area (Å²) < 4.78 is 23.1. The zero-order chi connectivity index (χ0) is 31.2. The van der Waals surface area contributed by atoms with Crippen LogP contribution in [-0.2, 0) is 12.5 Å². The number of hydrogen-bond acceptors (Lipinski definition) is 9. The highest BCUT2D eigenvalue weighted by molar-refractivity contribution is 6.00. The largest absolute Gasteiger partial charge is 0.423 e. The molecule has 0 radical (unpaired) electrons. The predicted molar refractivity (Wildman–Crippen MR) is 163 cm³/mol. The van der Waals surface area contributed by atoms with Crippen LogP contribution in [0.2, 0.25) is 0 Å². The summed E-state index contributed by atoms with van der Waals surface area (Å²) in [6.07, 6.45) is 2.75. The lowest BCUT2D eigenvalue weighted by Crippen LogP contribution is -2.22. The van der Waals surface area contributed by atoms with Crippen LogP contribution in [0.5, 0.6) is 0 Å². The molecule has 0 aliphatic carbocycles. The van der Waals surface area contributed by atoms with E-state index in [9.17, 15) is 14.0 Å². The monoisotopic (exact) mass is 594 g/mol. The van der Waals surface area contributed by atoms with E-state index in [1.165, 1.54) is 35.4 Å². The first kappa shape index (κ1) is 28.2. The summed E-state index contributed by atoms with van der Waals surface area (Å²) in [6.45, 7) is 6.00. The van der Waals surface area contributed by atoms with Gasteiger partial charge >= 0.3 is 6.03 Å². The van der Waals surface area contributed by atoms with Gasteiger partial charge in [0.15, 0.2) is 0 Å². The Bertz CT molecular complexity index is 2080. The van der Waals surface area contributed by atoms with E-state index in [1.54, 1.807) is 48.1 Å². The number of carbonyl (C=O) groups excluding carboxylic acids is 1. The third kappa shape index (κ3) is 5.35. The van der Waals surface area contributed by atoms with E-state index in [4.69, 9.17) is 15.2 Å². The van der Waals surface area contributed by atoms with Crippen LogP contribution >= 0.6 is 0 Å². The van der Waals surface area contributed by atoms with Crippen molar-refractivity contribution in [1.29, 1.82) is 0 Å². The third-order valence-corrected chi connectivity index (χ3v) is 6.93. The Morgan fingerprint density at radius 1 is 1.02 bits per heavy atom. The number of hydrogen-bond donors (Lipinski definition) is 3. The highest BCUT2D eigenvalue weighted by atomic mass is 19.1. The lowest BCUT2D eigenvalue weighted by Gasteiger charge is -2.14. The summed E-state index contributed by atoms with van der Waals surface area (Å²) in [5.74, 6) is 0.0838. The van der Waals surface area contributed by atoms with E-state index in [2.05, 4.69) is 30.8 Å². The maximum Gasteiger partial charge on any atom is 0.324 e. The van der Waals surface area contributed by atoms with Gasteiger partial charge in [-0.25, -0.2) is 18.9 Å². The number of aromatic nitrogens is 7. The Morgan fingerprint density at radius 2 is 1.77 bits per heavy atom. The highest BCUT2D eigenvalue weighted by Gasteiger charge is 2.22. The maximum atomic E-state index is 14.9. The van der Waals surface area contributed by atoms with Gasteiger partial charge < -0.3 is 15.5 Å². The molecule has 0 atom stereocenters. The molecule has 4 heterocycles. The van der Waals surface area contributed by atoms with Crippen molar-refractivity contribution >= 4 is 34.5 Å². The number of rotatable bonds is 5. The Labute approximate surface area is 249 Å². The van der Waals surface area contributed by atoms with E-state index >= 15 is 0 Å². The number of nitrogen functional groups attached to an aromatic ring is 1. The number of pyridine rings is 1. The van der Waals surface area contributed by atoms with E-state index in [0.717, 1.165) is 11.3 Å². The second-order valence-corrected chi connectivity index (χ2v) is 11.1. The number of nitrogens with one attached hydrogen (secondary N) is 2. The summed E-state index contributed by atoms with van der Waals surface area (Å²) in [5, 5.41) is 18.2. The van der Waals surface area contributed by atoms with Crippen LogP contribution in [0.1, 0.15) is 26.5 Å². The lowest BCUT2D eigenvalue weighted by molar-refractivity contribution is 0.262. The molecule has 0 fully saturated rings. The molecule has 6 aromatic rings. The lowest BCUT2D eigenvalue weighted by atomic mass is 9.92. The number of carbonyl (C=O) groups is 1. The van der Waals surface area contributed by atoms with E-state index in [0.29, 0.717) is 34.0 Å². The molecule has 2 aromatic carbocycles. The smallest absolute Gasteiger partial charge is 0.324 e. The number of nitrogens with two attached hydrogens (primary N) is 1. The van der Waals surface area contributed by atoms with Crippen molar-refractivity contribution in [1.82, 2.24) is 34.5 Å². The topological polar surface area (TPSA) is 172 Å². The second kappa shape index (κ2) is 10.7. The number of amides is 2. The summed E-state index contributed by atoms with van der Waals surface area (Å²) in [6, 6.07) is 13.9. The molecule has 0 saturated heterocycles. The Balaban J connectivity index is 1.30. The van der Waals surface area contributed by atoms with Crippen LogP contribution in [0.15, 0.2) is 76.4 Å². The Kier molecular flexibility index (Phi) is 6.88. The summed E-state index contributed by atoms with van der Waals surface area (Å²) in [4.78, 5) is 34.5. The van der Waals surface area contributed by atoms with Gasteiger partial charge in [-0.15, -0.1) is 10.2 Å². The summed E-state index contributed by atoms with van der Waals surface area (Å²) >= 11 is 0. The first-order valence-corrected chi connectivity index (χ1v) is 13.5. The van der Waals surface area contributed by atoms with Crippen LogP contribution < -0.4 is 21.9 Å². The summed E-state index contributed by atoms with van der Waals surface area (Å²) in [5.41, 5.74) is 7.98. The van der Waals surface area contributed by atoms with Crippen LogP contribution in [-0.4, -0.2) is 40.5 Å². The Morgan fingerprint density at radius 3 is 2.48 bits per heavy atom. The van der Waals surface area contributed by atoms with Crippen LogP contribution in [0.4, 0.5) is 26.6 Å². The fourth-order valence-electron chi connectivity index (χ4n) is 4.60. The highest BCUT2D eigenvalue weighted by Crippen LogP contribution is 2.29. The zero-order valence-electron chi connectivity index (χ0n) is 24.2. The number of benzene rings is 2. The van der Waals surface area contributed by atoms with Gasteiger partial charge in [0.2, 0.25) is 18.2 Å². The number of anilines is 3. The molecule has 6 rings (SSSR count). The molecule has 44 heavy (non-hydrogen) atoms. The van der Waals surface area contributed by atoms with Crippen molar-refractivity contribution in [3.05, 3.63) is 89.1 Å². The van der Waals surface area contributed by atoms with Gasteiger partial charge in [0.1, 0.15) is 17.3 Å². The third-order valence-electron chi connectivity index (χ3n) is 6.93.